The van der Waals surface area contributed by atoms with Gasteiger partial charge in [0, 0.05) is 11.8 Å². The molecule has 0 amide bonds. The van der Waals surface area contributed by atoms with E-state index >= 15 is 0 Å². The maximum absolute atomic E-state index is 13.7. The van der Waals surface area contributed by atoms with Crippen molar-refractivity contribution in [2.75, 3.05) is 0 Å². The molecule has 6 aromatic rings. The summed E-state index contributed by atoms with van der Waals surface area (Å²) >= 11 is 0. The molecule has 0 aliphatic rings. The van der Waals surface area contributed by atoms with E-state index in [2.05, 4.69) is 77.5 Å². The Morgan fingerprint density at radius 3 is 1.60 bits per heavy atom. The van der Waals surface area contributed by atoms with Crippen LogP contribution in [-0.2, 0) is 5.54 Å². The molecule has 35 heavy (non-hydrogen) atoms. The van der Waals surface area contributed by atoms with Crippen LogP contribution in [0.15, 0.2) is 134 Å². The number of benzene rings is 4. The molecule has 0 atom stereocenters. The molecule has 6 rings (SSSR count). The number of pyridine rings is 1. The maximum atomic E-state index is 13.7. The van der Waals surface area contributed by atoms with Crippen molar-refractivity contribution in [3.05, 3.63) is 156 Å². The zero-order chi connectivity index (χ0) is 23.7. The Kier molecular flexibility index (Phi) is 5.19. The molecule has 0 N–H and O–H groups in total. The lowest BCUT2D eigenvalue weighted by molar-refractivity contribution is 0.477. The lowest BCUT2D eigenvalue weighted by Crippen LogP contribution is -2.38. The van der Waals surface area contributed by atoms with Gasteiger partial charge in [-0.15, -0.1) is 0 Å². The van der Waals surface area contributed by atoms with E-state index in [4.69, 9.17) is 10.1 Å². The Morgan fingerprint density at radius 1 is 0.571 bits per heavy atom. The second kappa shape index (κ2) is 8.65. The summed E-state index contributed by atoms with van der Waals surface area (Å²) in [5.41, 5.74) is 5.67. The molecule has 0 bridgehead atoms. The van der Waals surface area contributed by atoms with Gasteiger partial charge in [0.15, 0.2) is 0 Å². The minimum atomic E-state index is -0.761. The highest BCUT2D eigenvalue weighted by atomic mass is 19.1. The Balaban J connectivity index is 1.77. The van der Waals surface area contributed by atoms with Crippen molar-refractivity contribution in [2.45, 2.75) is 5.54 Å². The molecule has 2 heterocycles. The fourth-order valence-electron chi connectivity index (χ4n) is 4.91. The highest BCUT2D eigenvalue weighted by Gasteiger charge is 2.41. The van der Waals surface area contributed by atoms with Crippen LogP contribution in [0, 0.1) is 5.82 Å². The average molecular weight is 456 g/mol. The molecule has 0 fully saturated rings. The summed E-state index contributed by atoms with van der Waals surface area (Å²) in [6.07, 6.45) is 1.77. The van der Waals surface area contributed by atoms with E-state index in [0.29, 0.717) is 5.69 Å². The number of hydrogen-bond acceptors (Lipinski definition) is 2. The largest absolute Gasteiger partial charge is 0.252 e. The van der Waals surface area contributed by atoms with Crippen molar-refractivity contribution in [3.63, 3.8) is 0 Å². The number of fused-ring (bicyclic) bond motifs is 1. The van der Waals surface area contributed by atoms with Crippen LogP contribution in [0.25, 0.3) is 22.3 Å². The van der Waals surface area contributed by atoms with E-state index in [1.54, 1.807) is 18.3 Å². The highest BCUT2D eigenvalue weighted by Crippen LogP contribution is 2.43. The van der Waals surface area contributed by atoms with Crippen molar-refractivity contribution in [3.8, 4) is 11.3 Å². The third-order valence-electron chi connectivity index (χ3n) is 6.45. The van der Waals surface area contributed by atoms with Crippen LogP contribution >= 0.6 is 0 Å². The van der Waals surface area contributed by atoms with Gasteiger partial charge < -0.3 is 0 Å². The molecule has 0 aliphatic carbocycles. The SMILES string of the molecule is Fc1ccc(-c2nn(C(c3ccccc3)(c3ccccc3)c3ccccc3)c3cccnc23)cc1. The van der Waals surface area contributed by atoms with Gasteiger partial charge in [-0.25, -0.2) is 9.07 Å². The van der Waals surface area contributed by atoms with Crippen molar-refractivity contribution >= 4 is 11.0 Å². The van der Waals surface area contributed by atoms with Crippen molar-refractivity contribution in [1.82, 2.24) is 14.8 Å². The number of halogens is 1. The van der Waals surface area contributed by atoms with E-state index in [9.17, 15) is 4.39 Å². The Hall–Kier alpha value is -4.57. The molecule has 4 aromatic carbocycles. The van der Waals surface area contributed by atoms with Crippen LogP contribution in [0.1, 0.15) is 16.7 Å². The van der Waals surface area contributed by atoms with Gasteiger partial charge >= 0.3 is 0 Å². The predicted octanol–water partition coefficient (Wildman–Crippen LogP) is 7.08. The summed E-state index contributed by atoms with van der Waals surface area (Å²) in [5.74, 6) is -0.280. The van der Waals surface area contributed by atoms with E-state index in [1.165, 1.54) is 12.1 Å². The van der Waals surface area contributed by atoms with Gasteiger partial charge in [0.25, 0.3) is 0 Å². The molecule has 0 spiro atoms. The summed E-state index contributed by atoms with van der Waals surface area (Å²) in [6, 6.07) is 41.7. The number of hydrogen-bond donors (Lipinski definition) is 0. The molecule has 0 radical (unpaired) electrons. The lowest BCUT2D eigenvalue weighted by atomic mass is 9.77. The highest BCUT2D eigenvalue weighted by molar-refractivity contribution is 5.90. The molecule has 0 saturated heterocycles. The van der Waals surface area contributed by atoms with Crippen LogP contribution in [-0.4, -0.2) is 14.8 Å². The molecule has 4 heteroatoms. The molecular formula is C31H22FN3. The molecule has 0 unspecified atom stereocenters. The summed E-state index contributed by atoms with van der Waals surface area (Å²) < 4.78 is 15.8. The summed E-state index contributed by atoms with van der Waals surface area (Å²) in [4.78, 5) is 4.72. The third-order valence-corrected chi connectivity index (χ3v) is 6.45. The van der Waals surface area contributed by atoms with Crippen molar-refractivity contribution in [1.29, 1.82) is 0 Å². The monoisotopic (exact) mass is 455 g/mol. The Labute approximate surface area is 203 Å². The number of nitrogens with zero attached hydrogens (tertiary/aromatic N) is 3. The quantitative estimate of drug-likeness (QED) is 0.260. The molecule has 0 aliphatic heterocycles. The van der Waals surface area contributed by atoms with E-state index in [0.717, 1.165) is 33.3 Å². The van der Waals surface area contributed by atoms with Crippen LogP contribution in [0.3, 0.4) is 0 Å². The van der Waals surface area contributed by atoms with Gasteiger partial charge in [-0.2, -0.15) is 5.10 Å². The molecule has 2 aromatic heterocycles. The first-order valence-corrected chi connectivity index (χ1v) is 11.6. The van der Waals surface area contributed by atoms with E-state index in [-0.39, 0.29) is 5.82 Å². The van der Waals surface area contributed by atoms with E-state index < -0.39 is 5.54 Å². The first kappa shape index (κ1) is 21.0. The average Bonchev–Trinajstić information content (AvgIpc) is 3.31. The summed E-state index contributed by atoms with van der Waals surface area (Å²) in [7, 11) is 0. The molecule has 168 valence electrons. The molecule has 0 saturated carbocycles. The summed E-state index contributed by atoms with van der Waals surface area (Å²) in [5, 5.41) is 5.22. The van der Waals surface area contributed by atoms with Crippen LogP contribution in [0.5, 0.6) is 0 Å². The lowest BCUT2D eigenvalue weighted by Gasteiger charge is -2.37. The van der Waals surface area contributed by atoms with Gasteiger partial charge in [-0.1, -0.05) is 91.0 Å². The fraction of sp³-hybridized carbons (Fsp3) is 0.0323. The molecule has 3 nitrogen and oxygen atoms in total. The third kappa shape index (κ3) is 3.42. The predicted molar refractivity (Wildman–Crippen MR) is 138 cm³/mol. The zero-order valence-electron chi connectivity index (χ0n) is 18.9. The van der Waals surface area contributed by atoms with Crippen LogP contribution in [0.2, 0.25) is 0 Å². The van der Waals surface area contributed by atoms with Gasteiger partial charge in [0.05, 0.1) is 5.52 Å². The van der Waals surface area contributed by atoms with Crippen LogP contribution in [0.4, 0.5) is 4.39 Å². The normalized spacial score (nSPS) is 11.6. The van der Waals surface area contributed by atoms with E-state index in [1.807, 2.05) is 30.3 Å². The number of aromatic nitrogens is 3. The second-order valence-electron chi connectivity index (χ2n) is 8.45. The van der Waals surface area contributed by atoms with Crippen molar-refractivity contribution in [2.24, 2.45) is 0 Å². The summed E-state index contributed by atoms with van der Waals surface area (Å²) in [6.45, 7) is 0. The first-order valence-electron chi connectivity index (χ1n) is 11.6. The second-order valence-corrected chi connectivity index (χ2v) is 8.45. The Morgan fingerprint density at radius 2 is 1.09 bits per heavy atom. The van der Waals surface area contributed by atoms with Gasteiger partial charge in [-0.3, -0.25) is 4.98 Å². The topological polar surface area (TPSA) is 30.7 Å². The van der Waals surface area contributed by atoms with Gasteiger partial charge in [0.2, 0.25) is 0 Å². The zero-order valence-corrected chi connectivity index (χ0v) is 18.9. The smallest absolute Gasteiger partial charge is 0.138 e. The standard InChI is InChI=1S/C31H22FN3/c32-27-20-18-23(19-21-27)29-30-28(17-10-22-33-30)35(34-29)31(24-11-4-1-5-12-24,25-13-6-2-7-14-25)26-15-8-3-9-16-26/h1-22H. The maximum Gasteiger partial charge on any atom is 0.138 e. The first-order chi connectivity index (χ1) is 17.3. The minimum absolute atomic E-state index is 0.280. The Bertz CT molecular complexity index is 1480. The van der Waals surface area contributed by atoms with Gasteiger partial charge in [0.1, 0.15) is 22.6 Å². The van der Waals surface area contributed by atoms with Gasteiger partial charge in [-0.05, 0) is 53.1 Å². The minimum Gasteiger partial charge on any atom is -0.252 e. The fourth-order valence-corrected chi connectivity index (χ4v) is 4.91. The van der Waals surface area contributed by atoms with Crippen molar-refractivity contribution < 1.29 is 4.39 Å². The van der Waals surface area contributed by atoms with Crippen LogP contribution < -0.4 is 0 Å². The molecular weight excluding hydrogens is 433 g/mol. The number of rotatable bonds is 5.